The highest BCUT2D eigenvalue weighted by atomic mass is 16.7. The Kier molecular flexibility index (Phi) is 5.17. The van der Waals surface area contributed by atoms with Crippen molar-refractivity contribution in [2.45, 2.75) is 26.2 Å². The van der Waals surface area contributed by atoms with E-state index < -0.39 is 0 Å². The van der Waals surface area contributed by atoms with E-state index in [0.29, 0.717) is 39.8 Å². The second kappa shape index (κ2) is 8.48. The van der Waals surface area contributed by atoms with Crippen molar-refractivity contribution in [2.24, 2.45) is 5.92 Å². The molecule has 0 N–H and O–H groups in total. The molecule has 0 unspecified atom stereocenters. The van der Waals surface area contributed by atoms with E-state index in [2.05, 4.69) is 34.4 Å². The minimum atomic E-state index is -0.00106. The van der Waals surface area contributed by atoms with Crippen LogP contribution in [0.4, 0.5) is 0 Å². The van der Waals surface area contributed by atoms with E-state index in [1.54, 1.807) is 0 Å². The first-order chi connectivity index (χ1) is 16.7. The van der Waals surface area contributed by atoms with Crippen LogP contribution in [0.2, 0.25) is 0 Å². The van der Waals surface area contributed by atoms with Crippen LogP contribution in [0.25, 0.3) is 22.4 Å². The Morgan fingerprint density at radius 3 is 2.65 bits per heavy atom. The number of carbonyl (C=O) groups is 1. The van der Waals surface area contributed by atoms with Crippen LogP contribution < -0.4 is 9.47 Å². The van der Waals surface area contributed by atoms with Gasteiger partial charge in [0.2, 0.25) is 6.79 Å². The number of hydrogen-bond acceptors (Lipinski definition) is 6. The van der Waals surface area contributed by atoms with Gasteiger partial charge in [-0.25, -0.2) is 4.98 Å². The van der Waals surface area contributed by atoms with Crippen LogP contribution in [-0.2, 0) is 6.42 Å². The van der Waals surface area contributed by atoms with E-state index in [1.807, 2.05) is 42.2 Å². The number of nitrogens with zero attached hydrogens (tertiary/aromatic N) is 3. The highest BCUT2D eigenvalue weighted by Gasteiger charge is 2.28. The van der Waals surface area contributed by atoms with Gasteiger partial charge in [0.25, 0.3) is 11.6 Å². The molecule has 0 bridgehead atoms. The minimum Gasteiger partial charge on any atom is -0.454 e. The van der Waals surface area contributed by atoms with Gasteiger partial charge in [0.05, 0.1) is 10.9 Å². The second-order valence-corrected chi connectivity index (χ2v) is 9.02. The molecule has 7 nitrogen and oxygen atoms in total. The topological polar surface area (TPSA) is 77.7 Å². The van der Waals surface area contributed by atoms with Crippen molar-refractivity contribution in [1.82, 2.24) is 15.0 Å². The molecule has 0 aliphatic carbocycles. The maximum Gasteiger partial charge on any atom is 0.259 e. The molecule has 2 aliphatic heterocycles. The van der Waals surface area contributed by atoms with E-state index >= 15 is 0 Å². The first-order valence-electron chi connectivity index (χ1n) is 11.7. The van der Waals surface area contributed by atoms with Crippen molar-refractivity contribution in [2.75, 3.05) is 19.9 Å². The van der Waals surface area contributed by atoms with Crippen molar-refractivity contribution < 1.29 is 18.8 Å². The number of ether oxygens (including phenoxy) is 2. The summed E-state index contributed by atoms with van der Waals surface area (Å²) in [6.45, 7) is 3.54. The zero-order valence-electron chi connectivity index (χ0n) is 19.0. The van der Waals surface area contributed by atoms with Gasteiger partial charge in [-0.3, -0.25) is 4.79 Å². The highest BCUT2D eigenvalue weighted by molar-refractivity contribution is 6.09. The first-order valence-corrected chi connectivity index (χ1v) is 11.7. The first kappa shape index (κ1) is 20.7. The summed E-state index contributed by atoms with van der Waals surface area (Å²) in [5, 5.41) is 4.91. The van der Waals surface area contributed by atoms with Gasteiger partial charge in [-0.15, -0.1) is 0 Å². The maximum absolute atomic E-state index is 13.7. The Morgan fingerprint density at radius 2 is 1.82 bits per heavy atom. The summed E-state index contributed by atoms with van der Waals surface area (Å²) in [7, 11) is 0. The number of piperidine rings is 1. The fourth-order valence-corrected chi connectivity index (χ4v) is 4.94. The third-order valence-corrected chi connectivity index (χ3v) is 6.72. The van der Waals surface area contributed by atoms with E-state index in [4.69, 9.17) is 14.0 Å². The minimum absolute atomic E-state index is 0.00106. The van der Waals surface area contributed by atoms with E-state index in [0.717, 1.165) is 43.6 Å². The van der Waals surface area contributed by atoms with Crippen molar-refractivity contribution in [3.63, 3.8) is 0 Å². The molecule has 2 aromatic heterocycles. The van der Waals surface area contributed by atoms with Crippen molar-refractivity contribution in [3.8, 4) is 22.8 Å². The van der Waals surface area contributed by atoms with Crippen molar-refractivity contribution in [1.29, 1.82) is 0 Å². The average Bonchev–Trinajstić information content (AvgIpc) is 3.50. The van der Waals surface area contributed by atoms with Gasteiger partial charge in [0.15, 0.2) is 11.5 Å². The quantitative estimate of drug-likeness (QED) is 0.430. The summed E-state index contributed by atoms with van der Waals surface area (Å²) in [4.78, 5) is 20.1. The Morgan fingerprint density at radius 1 is 1.03 bits per heavy atom. The van der Waals surface area contributed by atoms with Crippen LogP contribution in [0.1, 0.15) is 34.5 Å². The maximum atomic E-state index is 13.7. The van der Waals surface area contributed by atoms with Crippen LogP contribution in [-0.4, -0.2) is 40.8 Å². The Bertz CT molecular complexity index is 1360. The number of carbonyl (C=O) groups excluding carboxylic acids is 1. The molecule has 2 aromatic carbocycles. The smallest absolute Gasteiger partial charge is 0.259 e. The lowest BCUT2D eigenvalue weighted by Gasteiger charge is -2.32. The number of likely N-dealkylation sites (tertiary alicyclic amines) is 1. The van der Waals surface area contributed by atoms with Gasteiger partial charge in [-0.1, -0.05) is 35.5 Å². The molecule has 1 amide bonds. The lowest BCUT2D eigenvalue weighted by molar-refractivity contribution is 0.0692. The Balaban J connectivity index is 1.28. The number of fused-ring (bicyclic) bond motifs is 2. The fourth-order valence-electron chi connectivity index (χ4n) is 4.94. The van der Waals surface area contributed by atoms with Gasteiger partial charge in [0.1, 0.15) is 5.69 Å². The molecule has 0 saturated carbocycles. The van der Waals surface area contributed by atoms with Crippen LogP contribution in [0.5, 0.6) is 11.5 Å². The number of hydrogen-bond donors (Lipinski definition) is 0. The molecule has 7 heteroatoms. The molecule has 0 radical (unpaired) electrons. The summed E-state index contributed by atoms with van der Waals surface area (Å²) in [6.07, 6.45) is 3.04. The third-order valence-electron chi connectivity index (χ3n) is 6.72. The van der Waals surface area contributed by atoms with E-state index in [-0.39, 0.29) is 12.7 Å². The molecule has 172 valence electrons. The number of aromatic nitrogens is 2. The van der Waals surface area contributed by atoms with Gasteiger partial charge in [-0.05, 0) is 61.9 Å². The van der Waals surface area contributed by atoms with Crippen molar-refractivity contribution in [3.05, 3.63) is 71.4 Å². The molecular formula is C27H25N3O4. The number of rotatable bonds is 4. The Hall–Kier alpha value is -3.87. The summed E-state index contributed by atoms with van der Waals surface area (Å²) >= 11 is 0. The largest absolute Gasteiger partial charge is 0.454 e. The molecular weight excluding hydrogens is 430 g/mol. The molecule has 6 rings (SSSR count). The van der Waals surface area contributed by atoms with Crippen LogP contribution in [0, 0.1) is 12.8 Å². The van der Waals surface area contributed by atoms with Crippen LogP contribution in [0.15, 0.2) is 59.1 Å². The Labute approximate surface area is 197 Å². The number of benzene rings is 2. The van der Waals surface area contributed by atoms with Crippen LogP contribution >= 0.6 is 0 Å². The summed E-state index contributed by atoms with van der Waals surface area (Å²) in [5.74, 6) is 1.94. The molecule has 4 aromatic rings. The highest BCUT2D eigenvalue weighted by Crippen LogP contribution is 2.38. The monoisotopic (exact) mass is 455 g/mol. The SMILES string of the molecule is Cc1cc(C(=O)N2CCC(Cc3ccccc3)CC2)c2c(-c3ccc4c(c3)OCO4)noc2n1. The molecule has 0 spiro atoms. The normalized spacial score (nSPS) is 15.7. The molecule has 4 heterocycles. The summed E-state index contributed by atoms with van der Waals surface area (Å²) in [6, 6.07) is 18.0. The molecule has 2 aliphatic rings. The zero-order valence-corrected chi connectivity index (χ0v) is 19.0. The summed E-state index contributed by atoms with van der Waals surface area (Å²) in [5.41, 5.74) is 4.42. The average molecular weight is 456 g/mol. The van der Waals surface area contributed by atoms with Crippen molar-refractivity contribution >= 4 is 17.0 Å². The van der Waals surface area contributed by atoms with E-state index in [1.165, 1.54) is 5.56 Å². The number of aryl methyl sites for hydroxylation is 1. The van der Waals surface area contributed by atoms with Gasteiger partial charge < -0.3 is 18.9 Å². The lowest BCUT2D eigenvalue weighted by atomic mass is 9.90. The van der Waals surface area contributed by atoms with Gasteiger partial charge in [0, 0.05) is 24.3 Å². The van der Waals surface area contributed by atoms with Gasteiger partial charge >= 0.3 is 0 Å². The predicted molar refractivity (Wildman–Crippen MR) is 127 cm³/mol. The fraction of sp³-hybridized carbons (Fsp3) is 0.296. The van der Waals surface area contributed by atoms with Crippen LogP contribution in [0.3, 0.4) is 0 Å². The number of pyridine rings is 1. The summed E-state index contributed by atoms with van der Waals surface area (Å²) < 4.78 is 16.5. The lowest BCUT2D eigenvalue weighted by Crippen LogP contribution is -2.39. The standard InChI is InChI=1S/C27H25N3O4/c1-17-13-21(27(31)30-11-9-19(10-12-30)14-18-5-3-2-4-6-18)24-25(29-34-26(24)28-17)20-7-8-22-23(15-20)33-16-32-22/h2-8,13,15,19H,9-12,14,16H2,1H3. The predicted octanol–water partition coefficient (Wildman–Crippen LogP) is 5.02. The van der Waals surface area contributed by atoms with E-state index in [9.17, 15) is 4.79 Å². The molecule has 34 heavy (non-hydrogen) atoms. The molecule has 1 fully saturated rings. The molecule has 1 saturated heterocycles. The third kappa shape index (κ3) is 3.77. The van der Waals surface area contributed by atoms with Gasteiger partial charge in [-0.2, -0.15) is 0 Å². The second-order valence-electron chi connectivity index (χ2n) is 9.02. The zero-order chi connectivity index (χ0) is 23.1. The molecule has 0 atom stereocenters. The number of amides is 1.